The van der Waals surface area contributed by atoms with E-state index in [9.17, 15) is 25.2 Å². The number of hydrogen-bond donors (Lipinski definition) is 5. The van der Waals surface area contributed by atoms with Crippen LogP contribution < -0.4 is 19.5 Å². The van der Waals surface area contributed by atoms with E-state index in [0.29, 0.717) is 22.7 Å². The van der Waals surface area contributed by atoms with Crippen molar-refractivity contribution in [2.45, 2.75) is 37.1 Å². The summed E-state index contributed by atoms with van der Waals surface area (Å²) in [4.78, 5) is 12.6. The standard InChI is InChI=1S/C22H27NO9/c1-29-15-8-7-13(10-16(15)30-2)23-18(25)9-12-5-3-4-6-14(12)31-22-21(28)20(27)19(26)17(11-24)32-22/h3-8,10,17,19-22,24,26-28H,9,11H2,1-2H3,(H,23,25). The van der Waals surface area contributed by atoms with E-state index in [4.69, 9.17) is 18.9 Å². The van der Waals surface area contributed by atoms with Gasteiger partial charge in [-0.05, 0) is 18.2 Å². The molecule has 10 nitrogen and oxygen atoms in total. The first-order chi connectivity index (χ1) is 15.4. The Kier molecular flexibility index (Phi) is 7.89. The van der Waals surface area contributed by atoms with Crippen LogP contribution in [0.25, 0.3) is 0 Å². The van der Waals surface area contributed by atoms with E-state index in [-0.39, 0.29) is 18.1 Å². The molecule has 0 bridgehead atoms. The topological polar surface area (TPSA) is 147 Å². The summed E-state index contributed by atoms with van der Waals surface area (Å²) in [6.45, 7) is -0.569. The van der Waals surface area contributed by atoms with Crippen LogP contribution in [-0.4, -0.2) is 77.9 Å². The second-order valence-electron chi connectivity index (χ2n) is 7.22. The van der Waals surface area contributed by atoms with Gasteiger partial charge in [0.15, 0.2) is 11.5 Å². The SMILES string of the molecule is COc1ccc(NC(=O)Cc2ccccc2OC2OC(CO)C(O)C(O)C2O)cc1OC. The van der Waals surface area contributed by atoms with Gasteiger partial charge < -0.3 is 44.7 Å². The van der Waals surface area contributed by atoms with Crippen LogP contribution in [-0.2, 0) is 16.0 Å². The van der Waals surface area contributed by atoms with Crippen molar-refractivity contribution in [2.75, 3.05) is 26.1 Å². The molecule has 2 aromatic rings. The third kappa shape index (κ3) is 5.29. The predicted molar refractivity (Wildman–Crippen MR) is 113 cm³/mol. The van der Waals surface area contributed by atoms with Crippen LogP contribution in [0.1, 0.15) is 5.56 Å². The number of para-hydroxylation sites is 1. The molecule has 0 radical (unpaired) electrons. The average Bonchev–Trinajstić information content (AvgIpc) is 2.80. The van der Waals surface area contributed by atoms with E-state index in [1.54, 1.807) is 42.5 Å². The molecule has 1 amide bonds. The molecule has 5 N–H and O–H groups in total. The maximum Gasteiger partial charge on any atom is 0.229 e. The summed E-state index contributed by atoms with van der Waals surface area (Å²) in [5, 5.41) is 42.2. The maximum absolute atomic E-state index is 12.6. The number of ether oxygens (including phenoxy) is 4. The Morgan fingerprint density at radius 1 is 0.969 bits per heavy atom. The van der Waals surface area contributed by atoms with Crippen molar-refractivity contribution in [3.05, 3.63) is 48.0 Å². The van der Waals surface area contributed by atoms with Crippen LogP contribution in [0, 0.1) is 0 Å². The van der Waals surface area contributed by atoms with Gasteiger partial charge in [-0.1, -0.05) is 18.2 Å². The molecule has 1 saturated heterocycles. The number of methoxy groups -OCH3 is 2. The molecule has 5 unspecified atom stereocenters. The first kappa shape index (κ1) is 23.8. The third-order valence-corrected chi connectivity index (χ3v) is 5.08. The highest BCUT2D eigenvalue weighted by Gasteiger charge is 2.44. The van der Waals surface area contributed by atoms with E-state index in [1.165, 1.54) is 14.2 Å². The Balaban J connectivity index is 1.71. The van der Waals surface area contributed by atoms with Gasteiger partial charge in [0.1, 0.15) is 30.2 Å². The van der Waals surface area contributed by atoms with Crippen LogP contribution in [0.3, 0.4) is 0 Å². The van der Waals surface area contributed by atoms with Crippen molar-refractivity contribution in [2.24, 2.45) is 0 Å². The zero-order valence-electron chi connectivity index (χ0n) is 17.7. The Morgan fingerprint density at radius 2 is 1.69 bits per heavy atom. The number of hydrogen-bond acceptors (Lipinski definition) is 9. The van der Waals surface area contributed by atoms with Crippen LogP contribution in [0.15, 0.2) is 42.5 Å². The molecule has 3 rings (SSSR count). The van der Waals surface area contributed by atoms with Crippen molar-refractivity contribution in [1.29, 1.82) is 0 Å². The molecule has 0 aliphatic carbocycles. The van der Waals surface area contributed by atoms with Crippen molar-refractivity contribution >= 4 is 11.6 Å². The molecule has 1 heterocycles. The Bertz CT molecular complexity index is 920. The second kappa shape index (κ2) is 10.6. The molecule has 0 spiro atoms. The molecular weight excluding hydrogens is 422 g/mol. The Hall–Kier alpha value is -2.89. The number of aliphatic hydroxyl groups excluding tert-OH is 4. The van der Waals surface area contributed by atoms with Gasteiger partial charge in [-0.3, -0.25) is 4.79 Å². The molecule has 1 aliphatic rings. The zero-order valence-corrected chi connectivity index (χ0v) is 17.7. The highest BCUT2D eigenvalue weighted by Crippen LogP contribution is 2.30. The van der Waals surface area contributed by atoms with E-state index >= 15 is 0 Å². The van der Waals surface area contributed by atoms with Crippen LogP contribution in [0.5, 0.6) is 17.2 Å². The lowest BCUT2D eigenvalue weighted by atomic mass is 9.99. The van der Waals surface area contributed by atoms with E-state index < -0.39 is 37.3 Å². The van der Waals surface area contributed by atoms with Gasteiger partial charge in [-0.15, -0.1) is 0 Å². The minimum atomic E-state index is -1.56. The fraction of sp³-hybridized carbons (Fsp3) is 0.409. The molecule has 32 heavy (non-hydrogen) atoms. The zero-order chi connectivity index (χ0) is 23.3. The quantitative estimate of drug-likeness (QED) is 0.377. The van der Waals surface area contributed by atoms with Crippen LogP contribution in [0.2, 0.25) is 0 Å². The van der Waals surface area contributed by atoms with Crippen molar-refractivity contribution in [3.8, 4) is 17.2 Å². The van der Waals surface area contributed by atoms with Crippen molar-refractivity contribution < 1.29 is 44.2 Å². The number of nitrogens with one attached hydrogen (secondary N) is 1. The van der Waals surface area contributed by atoms with E-state index in [1.807, 2.05) is 0 Å². The minimum Gasteiger partial charge on any atom is -0.493 e. The normalized spacial score (nSPS) is 25.1. The summed E-state index contributed by atoms with van der Waals surface area (Å²) in [6, 6.07) is 11.6. The Labute approximate surface area is 184 Å². The molecule has 1 aliphatic heterocycles. The molecule has 1 fully saturated rings. The number of anilines is 1. The summed E-state index contributed by atoms with van der Waals surface area (Å²) in [6.07, 6.45) is -7.10. The van der Waals surface area contributed by atoms with Crippen LogP contribution >= 0.6 is 0 Å². The molecule has 174 valence electrons. The van der Waals surface area contributed by atoms with Gasteiger partial charge in [0.25, 0.3) is 0 Å². The fourth-order valence-electron chi connectivity index (χ4n) is 3.35. The monoisotopic (exact) mass is 449 g/mol. The third-order valence-electron chi connectivity index (χ3n) is 5.08. The van der Waals surface area contributed by atoms with Crippen LogP contribution in [0.4, 0.5) is 5.69 Å². The Morgan fingerprint density at radius 3 is 2.38 bits per heavy atom. The second-order valence-corrected chi connectivity index (χ2v) is 7.22. The molecular formula is C22H27NO9. The van der Waals surface area contributed by atoms with Gasteiger partial charge in [0.2, 0.25) is 12.2 Å². The number of carbonyl (C=O) groups excluding carboxylic acids is 1. The van der Waals surface area contributed by atoms with Crippen molar-refractivity contribution in [3.63, 3.8) is 0 Å². The minimum absolute atomic E-state index is 0.0536. The first-order valence-corrected chi connectivity index (χ1v) is 9.94. The van der Waals surface area contributed by atoms with Gasteiger partial charge in [-0.2, -0.15) is 0 Å². The molecule has 5 atom stereocenters. The fourth-order valence-corrected chi connectivity index (χ4v) is 3.35. The van der Waals surface area contributed by atoms with Gasteiger partial charge in [0, 0.05) is 17.3 Å². The lowest BCUT2D eigenvalue weighted by Crippen LogP contribution is -2.60. The van der Waals surface area contributed by atoms with Gasteiger partial charge in [0.05, 0.1) is 27.2 Å². The summed E-state index contributed by atoms with van der Waals surface area (Å²) in [5.74, 6) is 0.918. The summed E-state index contributed by atoms with van der Waals surface area (Å²) in [7, 11) is 3.01. The highest BCUT2D eigenvalue weighted by atomic mass is 16.7. The summed E-state index contributed by atoms with van der Waals surface area (Å²) in [5.41, 5.74) is 1.02. The highest BCUT2D eigenvalue weighted by molar-refractivity contribution is 5.93. The van der Waals surface area contributed by atoms with E-state index in [2.05, 4.69) is 5.32 Å². The smallest absolute Gasteiger partial charge is 0.229 e. The lowest BCUT2D eigenvalue weighted by molar-refractivity contribution is -0.277. The van der Waals surface area contributed by atoms with Gasteiger partial charge >= 0.3 is 0 Å². The number of rotatable bonds is 8. The number of amides is 1. The summed E-state index contributed by atoms with van der Waals surface area (Å²) >= 11 is 0. The predicted octanol–water partition coefficient (Wildman–Crippen LogP) is 0.0637. The van der Waals surface area contributed by atoms with E-state index in [0.717, 1.165) is 0 Å². The molecule has 10 heteroatoms. The maximum atomic E-state index is 12.6. The molecule has 0 aromatic heterocycles. The molecule has 2 aromatic carbocycles. The van der Waals surface area contributed by atoms with Crippen molar-refractivity contribution in [1.82, 2.24) is 0 Å². The largest absolute Gasteiger partial charge is 0.493 e. The number of aliphatic hydroxyl groups is 4. The number of carbonyl (C=O) groups is 1. The van der Waals surface area contributed by atoms with Gasteiger partial charge in [-0.25, -0.2) is 0 Å². The average molecular weight is 449 g/mol. The molecule has 0 saturated carbocycles. The first-order valence-electron chi connectivity index (χ1n) is 9.94. The summed E-state index contributed by atoms with van der Waals surface area (Å²) < 4.78 is 21.5. The lowest BCUT2D eigenvalue weighted by Gasteiger charge is -2.39. The number of benzene rings is 2.